The lowest BCUT2D eigenvalue weighted by molar-refractivity contribution is 0.0692. The Morgan fingerprint density at radius 3 is 2.40 bits per heavy atom. The van der Waals surface area contributed by atoms with E-state index in [1.807, 2.05) is 0 Å². The Morgan fingerprint density at radius 2 is 1.95 bits per heavy atom. The summed E-state index contributed by atoms with van der Waals surface area (Å²) in [5, 5.41) is 0. The Kier molecular flexibility index (Phi) is 4.36. The van der Waals surface area contributed by atoms with Crippen molar-refractivity contribution in [3.05, 3.63) is 29.6 Å². The Hall–Kier alpha value is -1.51. The fourth-order valence-electron chi connectivity index (χ4n) is 2.06. The van der Waals surface area contributed by atoms with Gasteiger partial charge in [-0.3, -0.25) is 9.78 Å². The molecule has 0 saturated carbocycles. The highest BCUT2D eigenvalue weighted by molar-refractivity contribution is 7.88. The van der Waals surface area contributed by atoms with E-state index >= 15 is 0 Å². The molecule has 1 aromatic rings. The van der Waals surface area contributed by atoms with E-state index in [9.17, 15) is 13.2 Å². The smallest absolute Gasteiger partial charge is 0.272 e. The number of nitrogens with zero attached hydrogens (tertiary/aromatic N) is 3. The highest BCUT2D eigenvalue weighted by Gasteiger charge is 2.26. The van der Waals surface area contributed by atoms with Gasteiger partial charge in [-0.25, -0.2) is 8.42 Å². The largest absolute Gasteiger partial charge is 0.335 e. The first-order valence-electron chi connectivity index (χ1n) is 6.31. The molecule has 1 saturated heterocycles. The van der Waals surface area contributed by atoms with Crippen LogP contribution in [-0.4, -0.2) is 60.9 Å². The van der Waals surface area contributed by atoms with Crippen LogP contribution in [0.3, 0.4) is 0 Å². The number of nitrogens with two attached hydrogens (primary N) is 1. The van der Waals surface area contributed by atoms with E-state index in [1.165, 1.54) is 10.6 Å². The molecule has 2 N–H and O–H groups in total. The normalized spacial score (nSPS) is 17.2. The van der Waals surface area contributed by atoms with Gasteiger partial charge in [-0.05, 0) is 11.6 Å². The fourth-order valence-corrected chi connectivity index (χ4v) is 2.88. The van der Waals surface area contributed by atoms with E-state index < -0.39 is 10.0 Å². The van der Waals surface area contributed by atoms with Crippen LogP contribution in [0.2, 0.25) is 0 Å². The zero-order valence-electron chi connectivity index (χ0n) is 11.3. The highest BCUT2D eigenvalue weighted by Crippen LogP contribution is 2.10. The molecule has 8 heteroatoms. The minimum absolute atomic E-state index is 0.179. The number of sulfonamides is 1. The summed E-state index contributed by atoms with van der Waals surface area (Å²) in [6.07, 6.45) is 2.76. The molecule has 7 nitrogen and oxygen atoms in total. The minimum atomic E-state index is -3.18. The molecule has 2 heterocycles. The summed E-state index contributed by atoms with van der Waals surface area (Å²) in [6, 6.07) is 3.42. The molecular formula is C12H18N4O3S. The number of pyridine rings is 1. The second-order valence-corrected chi connectivity index (χ2v) is 6.69. The summed E-state index contributed by atoms with van der Waals surface area (Å²) >= 11 is 0. The van der Waals surface area contributed by atoms with E-state index in [0.717, 1.165) is 5.56 Å². The molecule has 110 valence electrons. The van der Waals surface area contributed by atoms with Crippen LogP contribution in [0.15, 0.2) is 18.3 Å². The SMILES string of the molecule is CS(=O)(=O)N1CCN(C(=O)c2ccc(CN)cn2)CC1. The van der Waals surface area contributed by atoms with Crippen molar-refractivity contribution in [3.8, 4) is 0 Å². The number of aromatic nitrogens is 1. The lowest BCUT2D eigenvalue weighted by atomic mass is 10.2. The van der Waals surface area contributed by atoms with Gasteiger partial charge in [0.1, 0.15) is 5.69 Å². The molecule has 1 aliphatic heterocycles. The standard InChI is InChI=1S/C12H18N4O3S/c1-20(18,19)16-6-4-15(5-7-16)12(17)11-3-2-10(8-13)9-14-11/h2-3,9H,4-8,13H2,1H3. The first-order chi connectivity index (χ1) is 9.41. The summed E-state index contributed by atoms with van der Waals surface area (Å²) in [7, 11) is -3.18. The third kappa shape index (κ3) is 3.33. The maximum atomic E-state index is 12.2. The number of rotatable bonds is 3. The van der Waals surface area contributed by atoms with E-state index in [2.05, 4.69) is 4.98 Å². The fraction of sp³-hybridized carbons (Fsp3) is 0.500. The molecule has 0 atom stereocenters. The lowest BCUT2D eigenvalue weighted by Gasteiger charge is -2.33. The second-order valence-electron chi connectivity index (χ2n) is 4.71. The van der Waals surface area contributed by atoms with Crippen LogP contribution in [-0.2, 0) is 16.6 Å². The average molecular weight is 298 g/mol. The predicted molar refractivity (Wildman–Crippen MR) is 74.4 cm³/mol. The van der Waals surface area contributed by atoms with Crippen LogP contribution in [0, 0.1) is 0 Å². The van der Waals surface area contributed by atoms with Gasteiger partial charge in [0.05, 0.1) is 6.26 Å². The Bertz CT molecular complexity index is 577. The number of hydrogen-bond acceptors (Lipinski definition) is 5. The number of carbonyl (C=O) groups is 1. The Morgan fingerprint density at radius 1 is 1.30 bits per heavy atom. The van der Waals surface area contributed by atoms with E-state index in [-0.39, 0.29) is 5.91 Å². The van der Waals surface area contributed by atoms with Crippen LogP contribution in [0.1, 0.15) is 16.1 Å². The van der Waals surface area contributed by atoms with Crippen molar-refractivity contribution < 1.29 is 13.2 Å². The van der Waals surface area contributed by atoms with Crippen molar-refractivity contribution >= 4 is 15.9 Å². The van der Waals surface area contributed by atoms with Crippen LogP contribution < -0.4 is 5.73 Å². The molecule has 0 unspecified atom stereocenters. The van der Waals surface area contributed by atoms with Gasteiger partial charge in [-0.15, -0.1) is 0 Å². The topological polar surface area (TPSA) is 96.6 Å². The Balaban J connectivity index is 2.01. The molecular weight excluding hydrogens is 280 g/mol. The van der Waals surface area contributed by atoms with E-state index in [0.29, 0.717) is 38.4 Å². The third-order valence-electron chi connectivity index (χ3n) is 3.27. The maximum absolute atomic E-state index is 12.2. The van der Waals surface area contributed by atoms with Gasteiger partial charge < -0.3 is 10.6 Å². The summed E-state index contributed by atoms with van der Waals surface area (Å²) in [4.78, 5) is 17.9. The molecule has 1 fully saturated rings. The summed E-state index contributed by atoms with van der Waals surface area (Å²) in [5.41, 5.74) is 6.70. The zero-order chi connectivity index (χ0) is 14.8. The van der Waals surface area contributed by atoms with E-state index in [1.54, 1.807) is 23.2 Å². The molecule has 2 rings (SSSR count). The maximum Gasteiger partial charge on any atom is 0.272 e. The lowest BCUT2D eigenvalue weighted by Crippen LogP contribution is -2.50. The molecule has 0 aromatic carbocycles. The van der Waals surface area contributed by atoms with Crippen molar-refractivity contribution in [2.75, 3.05) is 32.4 Å². The van der Waals surface area contributed by atoms with Gasteiger partial charge in [0, 0.05) is 38.9 Å². The zero-order valence-corrected chi connectivity index (χ0v) is 12.1. The van der Waals surface area contributed by atoms with Crippen LogP contribution in [0.4, 0.5) is 0 Å². The number of hydrogen-bond donors (Lipinski definition) is 1. The molecule has 1 aliphatic rings. The van der Waals surface area contributed by atoms with Crippen LogP contribution >= 0.6 is 0 Å². The summed E-state index contributed by atoms with van der Waals surface area (Å²) in [6.45, 7) is 1.80. The summed E-state index contributed by atoms with van der Waals surface area (Å²) < 4.78 is 24.2. The first kappa shape index (κ1) is 14.9. The quantitative estimate of drug-likeness (QED) is 0.792. The molecule has 0 spiro atoms. The predicted octanol–water partition coefficient (Wildman–Crippen LogP) is -0.742. The van der Waals surface area contributed by atoms with Gasteiger partial charge in [0.25, 0.3) is 5.91 Å². The van der Waals surface area contributed by atoms with Crippen molar-refractivity contribution in [2.45, 2.75) is 6.54 Å². The number of amides is 1. The van der Waals surface area contributed by atoms with Gasteiger partial charge in [0.15, 0.2) is 0 Å². The number of carbonyl (C=O) groups excluding carboxylic acids is 1. The van der Waals surface area contributed by atoms with Gasteiger partial charge in [0.2, 0.25) is 10.0 Å². The van der Waals surface area contributed by atoms with Gasteiger partial charge >= 0.3 is 0 Å². The number of piperazine rings is 1. The van der Waals surface area contributed by atoms with Crippen molar-refractivity contribution in [2.24, 2.45) is 5.73 Å². The van der Waals surface area contributed by atoms with Gasteiger partial charge in [-0.2, -0.15) is 4.31 Å². The van der Waals surface area contributed by atoms with Crippen LogP contribution in [0.5, 0.6) is 0 Å². The van der Waals surface area contributed by atoms with Crippen LogP contribution in [0.25, 0.3) is 0 Å². The summed E-state index contributed by atoms with van der Waals surface area (Å²) in [5.74, 6) is -0.179. The van der Waals surface area contributed by atoms with E-state index in [4.69, 9.17) is 5.73 Å². The molecule has 0 radical (unpaired) electrons. The monoisotopic (exact) mass is 298 g/mol. The first-order valence-corrected chi connectivity index (χ1v) is 8.16. The minimum Gasteiger partial charge on any atom is -0.335 e. The molecule has 1 aromatic heterocycles. The second kappa shape index (κ2) is 5.86. The van der Waals surface area contributed by atoms with Crippen molar-refractivity contribution in [1.29, 1.82) is 0 Å². The van der Waals surface area contributed by atoms with Gasteiger partial charge in [-0.1, -0.05) is 6.07 Å². The highest BCUT2D eigenvalue weighted by atomic mass is 32.2. The molecule has 20 heavy (non-hydrogen) atoms. The Labute approximate surface area is 118 Å². The molecule has 0 aliphatic carbocycles. The molecule has 1 amide bonds. The average Bonchev–Trinajstić information content (AvgIpc) is 2.46. The van der Waals surface area contributed by atoms with Crippen molar-refractivity contribution in [3.63, 3.8) is 0 Å². The van der Waals surface area contributed by atoms with Crippen molar-refractivity contribution in [1.82, 2.24) is 14.2 Å². The third-order valence-corrected chi connectivity index (χ3v) is 4.58. The molecule has 0 bridgehead atoms.